The number of rotatable bonds is 7. The smallest absolute Gasteiger partial charge is 0.296 e. The Morgan fingerprint density at radius 3 is 2.09 bits per heavy atom. The van der Waals surface area contributed by atoms with Gasteiger partial charge in [0, 0.05) is 18.2 Å². The summed E-state index contributed by atoms with van der Waals surface area (Å²) in [6.45, 7) is 15.9. The molecule has 0 fully saturated rings. The van der Waals surface area contributed by atoms with Gasteiger partial charge in [-0.1, -0.05) is 71.9 Å². The van der Waals surface area contributed by atoms with Crippen molar-refractivity contribution in [3.05, 3.63) is 99.0 Å². The lowest BCUT2D eigenvalue weighted by molar-refractivity contribution is 0.102. The van der Waals surface area contributed by atoms with Gasteiger partial charge in [-0.25, -0.2) is 13.1 Å². The standard InChI is InChI=1S/C34H42N4O5S/c1-21-16-17-25(44(41,42)36-29-22(2)37(9)38(32(29)40)24-14-12-11-13-15-24)20-26(21)31(39)35-28-19-23(33(3,4)5)18-27(30(28)43-10)34(6,7)8/h11-20,36H,1-10H3,(H,35,39). The number of aromatic nitrogens is 2. The molecule has 0 unspecified atom stereocenters. The zero-order valence-corrected chi connectivity index (χ0v) is 27.9. The molecule has 0 aliphatic rings. The van der Waals surface area contributed by atoms with Gasteiger partial charge in [-0.3, -0.25) is 19.0 Å². The van der Waals surface area contributed by atoms with Gasteiger partial charge in [0.2, 0.25) is 0 Å². The predicted molar refractivity (Wildman–Crippen MR) is 176 cm³/mol. The fourth-order valence-electron chi connectivity index (χ4n) is 5.01. The first-order valence-electron chi connectivity index (χ1n) is 14.4. The summed E-state index contributed by atoms with van der Waals surface area (Å²) >= 11 is 0. The molecule has 2 N–H and O–H groups in total. The molecule has 0 aliphatic carbocycles. The van der Waals surface area contributed by atoms with Gasteiger partial charge in [0.15, 0.2) is 0 Å². The van der Waals surface area contributed by atoms with Gasteiger partial charge in [-0.15, -0.1) is 0 Å². The molecule has 234 valence electrons. The van der Waals surface area contributed by atoms with E-state index in [2.05, 4.69) is 57.6 Å². The van der Waals surface area contributed by atoms with Crippen molar-refractivity contribution in [3.8, 4) is 11.4 Å². The summed E-state index contributed by atoms with van der Waals surface area (Å²) in [5.41, 5.74) is 3.23. The van der Waals surface area contributed by atoms with Crippen LogP contribution in [0.2, 0.25) is 0 Å². The molecule has 1 aromatic heterocycles. The van der Waals surface area contributed by atoms with E-state index in [9.17, 15) is 18.0 Å². The van der Waals surface area contributed by atoms with Crippen LogP contribution >= 0.6 is 0 Å². The number of sulfonamides is 1. The quantitative estimate of drug-likeness (QED) is 0.247. The van der Waals surface area contributed by atoms with E-state index in [1.54, 1.807) is 63.0 Å². The van der Waals surface area contributed by atoms with E-state index in [4.69, 9.17) is 4.74 Å². The second-order valence-electron chi connectivity index (χ2n) is 13.1. The van der Waals surface area contributed by atoms with Gasteiger partial charge in [0.25, 0.3) is 21.5 Å². The number of hydrogen-bond donors (Lipinski definition) is 2. The minimum Gasteiger partial charge on any atom is -0.494 e. The van der Waals surface area contributed by atoms with E-state index in [-0.39, 0.29) is 27.0 Å². The van der Waals surface area contributed by atoms with Crippen molar-refractivity contribution in [1.82, 2.24) is 9.36 Å². The fraction of sp³-hybridized carbons (Fsp3) is 0.353. The van der Waals surface area contributed by atoms with Crippen molar-refractivity contribution in [3.63, 3.8) is 0 Å². The molecule has 1 heterocycles. The third kappa shape index (κ3) is 6.31. The maximum Gasteiger partial charge on any atom is 0.296 e. The largest absolute Gasteiger partial charge is 0.494 e. The lowest BCUT2D eigenvalue weighted by atomic mass is 9.79. The summed E-state index contributed by atoms with van der Waals surface area (Å²) in [5.74, 6) is 0.0716. The first kappa shape index (κ1) is 32.6. The average molecular weight is 619 g/mol. The molecule has 0 aliphatic heterocycles. The molecule has 10 heteroatoms. The van der Waals surface area contributed by atoms with Gasteiger partial charge in [-0.05, 0) is 66.1 Å². The highest BCUT2D eigenvalue weighted by atomic mass is 32.2. The maximum atomic E-state index is 13.7. The number of amides is 1. The minimum absolute atomic E-state index is 0.0682. The third-order valence-electron chi connectivity index (χ3n) is 7.77. The van der Waals surface area contributed by atoms with Crippen molar-refractivity contribution in [2.24, 2.45) is 7.05 Å². The SMILES string of the molecule is COc1c(NC(=O)c2cc(S(=O)(=O)Nc3c(C)n(C)n(-c4ccccc4)c3=O)ccc2C)cc(C(C)(C)C)cc1C(C)(C)C. The van der Waals surface area contributed by atoms with E-state index in [0.717, 1.165) is 11.1 Å². The van der Waals surface area contributed by atoms with Crippen molar-refractivity contribution in [2.75, 3.05) is 17.1 Å². The number of nitrogens with zero attached hydrogens (tertiary/aromatic N) is 2. The van der Waals surface area contributed by atoms with Gasteiger partial charge in [0.05, 0.1) is 29.1 Å². The van der Waals surface area contributed by atoms with Crippen molar-refractivity contribution < 1.29 is 17.9 Å². The van der Waals surface area contributed by atoms with Crippen molar-refractivity contribution in [1.29, 1.82) is 0 Å². The Bertz CT molecular complexity index is 1890. The van der Waals surface area contributed by atoms with Crippen LogP contribution in [0.1, 0.15) is 74.3 Å². The second-order valence-corrected chi connectivity index (χ2v) is 14.8. The monoisotopic (exact) mass is 618 g/mol. The number of anilines is 2. The first-order valence-corrected chi connectivity index (χ1v) is 15.9. The molecular weight excluding hydrogens is 576 g/mol. The Hall–Kier alpha value is -4.31. The van der Waals surface area contributed by atoms with Crippen LogP contribution in [-0.4, -0.2) is 30.8 Å². The number of methoxy groups -OCH3 is 1. The molecule has 0 saturated heterocycles. The summed E-state index contributed by atoms with van der Waals surface area (Å²) in [5, 5.41) is 2.98. The summed E-state index contributed by atoms with van der Waals surface area (Å²) in [6.07, 6.45) is 0. The lowest BCUT2D eigenvalue weighted by Gasteiger charge is -2.29. The Balaban J connectivity index is 1.73. The number of aryl methyl sites for hydroxylation is 1. The molecule has 3 aromatic carbocycles. The second kappa shape index (κ2) is 11.6. The molecule has 4 aromatic rings. The minimum atomic E-state index is -4.24. The van der Waals surface area contributed by atoms with Crippen LogP contribution < -0.4 is 20.3 Å². The molecule has 9 nitrogen and oxygen atoms in total. The topological polar surface area (TPSA) is 111 Å². The highest BCUT2D eigenvalue weighted by molar-refractivity contribution is 7.92. The van der Waals surface area contributed by atoms with Crippen LogP contribution in [0, 0.1) is 13.8 Å². The number of para-hydroxylation sites is 1. The van der Waals surface area contributed by atoms with Gasteiger partial charge in [0.1, 0.15) is 11.4 Å². The first-order chi connectivity index (χ1) is 20.4. The van der Waals surface area contributed by atoms with E-state index < -0.39 is 21.5 Å². The molecule has 0 saturated carbocycles. The molecule has 0 bridgehead atoms. The Labute approximate surface area is 259 Å². The number of carbonyl (C=O) groups is 1. The number of nitrogens with one attached hydrogen (secondary N) is 2. The fourth-order valence-corrected chi connectivity index (χ4v) is 6.16. The van der Waals surface area contributed by atoms with Crippen LogP contribution in [0.3, 0.4) is 0 Å². The zero-order chi connectivity index (χ0) is 32.8. The van der Waals surface area contributed by atoms with Crippen molar-refractivity contribution in [2.45, 2.75) is 71.1 Å². The maximum absolute atomic E-state index is 13.7. The average Bonchev–Trinajstić information content (AvgIpc) is 3.14. The van der Waals surface area contributed by atoms with E-state index in [0.29, 0.717) is 28.4 Å². The molecule has 44 heavy (non-hydrogen) atoms. The van der Waals surface area contributed by atoms with Crippen LogP contribution in [0.15, 0.2) is 70.4 Å². The zero-order valence-electron chi connectivity index (χ0n) is 27.1. The highest BCUT2D eigenvalue weighted by Crippen LogP contribution is 2.41. The summed E-state index contributed by atoms with van der Waals surface area (Å²) in [4.78, 5) is 26.9. The Morgan fingerprint density at radius 2 is 1.52 bits per heavy atom. The Kier molecular flexibility index (Phi) is 8.63. The third-order valence-corrected chi connectivity index (χ3v) is 9.12. The number of carbonyl (C=O) groups excluding carboxylic acids is 1. The predicted octanol–water partition coefficient (Wildman–Crippen LogP) is 6.45. The number of benzene rings is 3. The van der Waals surface area contributed by atoms with Crippen LogP contribution in [-0.2, 0) is 27.9 Å². The van der Waals surface area contributed by atoms with E-state index in [1.165, 1.54) is 16.8 Å². The molecular formula is C34H42N4O5S. The molecule has 0 radical (unpaired) electrons. The van der Waals surface area contributed by atoms with Gasteiger partial charge < -0.3 is 10.1 Å². The van der Waals surface area contributed by atoms with E-state index in [1.807, 2.05) is 12.1 Å². The van der Waals surface area contributed by atoms with Crippen molar-refractivity contribution >= 4 is 27.3 Å². The number of hydrogen-bond acceptors (Lipinski definition) is 5. The van der Waals surface area contributed by atoms with Crippen LogP contribution in [0.5, 0.6) is 5.75 Å². The van der Waals surface area contributed by atoms with Crippen LogP contribution in [0.4, 0.5) is 11.4 Å². The molecule has 0 atom stereocenters. The molecule has 1 amide bonds. The molecule has 4 rings (SSSR count). The Morgan fingerprint density at radius 1 is 0.886 bits per heavy atom. The van der Waals surface area contributed by atoms with Crippen LogP contribution in [0.25, 0.3) is 5.69 Å². The van der Waals surface area contributed by atoms with Gasteiger partial charge >= 0.3 is 0 Å². The lowest BCUT2D eigenvalue weighted by Crippen LogP contribution is -2.23. The van der Waals surface area contributed by atoms with Gasteiger partial charge in [-0.2, -0.15) is 0 Å². The highest BCUT2D eigenvalue weighted by Gasteiger charge is 2.28. The summed E-state index contributed by atoms with van der Waals surface area (Å²) < 4.78 is 38.4. The van der Waals surface area contributed by atoms with E-state index >= 15 is 0 Å². The summed E-state index contributed by atoms with van der Waals surface area (Å²) in [7, 11) is -0.984. The molecule has 0 spiro atoms. The normalized spacial score (nSPS) is 12.2. The summed E-state index contributed by atoms with van der Waals surface area (Å²) in [6, 6.07) is 17.3. The number of ether oxygens (including phenoxy) is 1.